The lowest BCUT2D eigenvalue weighted by atomic mass is 9.35. The third-order valence-electron chi connectivity index (χ3n) is 10.4. The van der Waals surface area contributed by atoms with Gasteiger partial charge < -0.3 is 5.11 Å². The fraction of sp³-hybridized carbons (Fsp3) is 0.607. The maximum atomic E-state index is 12.5. The Morgan fingerprint density at radius 2 is 1.73 bits per heavy atom. The molecule has 5 aliphatic rings. The van der Waals surface area contributed by atoms with Gasteiger partial charge in [0, 0.05) is 11.0 Å². The Labute approximate surface area is 181 Å². The van der Waals surface area contributed by atoms with Crippen LogP contribution in [-0.4, -0.2) is 10.9 Å². The molecule has 160 valence electrons. The van der Waals surface area contributed by atoms with Gasteiger partial charge in [0.15, 0.2) is 5.76 Å². The molecule has 0 aromatic heterocycles. The number of allylic oxidation sites excluding steroid dienone is 9. The second-order valence-corrected chi connectivity index (χ2v) is 11.8. The topological polar surface area (TPSA) is 37.3 Å². The zero-order valence-corrected chi connectivity index (χ0v) is 19.5. The lowest BCUT2D eigenvalue weighted by molar-refractivity contribution is -0.126. The van der Waals surface area contributed by atoms with Crippen LogP contribution in [0, 0.1) is 27.6 Å². The molecule has 5 aliphatic carbocycles. The standard InChI is InChI=1S/C28H36O2/c1-17-9-10-25(3)11-13-27(5)22-8-7-19-18(2)24(30)21(29)16-20(19)26(22,4)12-14-28(27,6)23(25)15-17/h7-9,16,23,30H,10-15H2,1-6H3. The van der Waals surface area contributed by atoms with Crippen molar-refractivity contribution in [2.75, 3.05) is 0 Å². The van der Waals surface area contributed by atoms with Crippen LogP contribution in [0.1, 0.15) is 80.1 Å². The second-order valence-electron chi connectivity index (χ2n) is 11.8. The fourth-order valence-corrected chi connectivity index (χ4v) is 8.10. The van der Waals surface area contributed by atoms with Crippen LogP contribution in [0.4, 0.5) is 0 Å². The van der Waals surface area contributed by atoms with Crippen LogP contribution in [0.5, 0.6) is 0 Å². The van der Waals surface area contributed by atoms with Crippen molar-refractivity contribution < 1.29 is 9.90 Å². The van der Waals surface area contributed by atoms with E-state index >= 15 is 0 Å². The van der Waals surface area contributed by atoms with Crippen molar-refractivity contribution >= 4 is 5.78 Å². The number of aliphatic hydroxyl groups is 1. The minimum Gasteiger partial charge on any atom is -0.504 e. The van der Waals surface area contributed by atoms with Crippen LogP contribution in [0.2, 0.25) is 0 Å². The molecule has 0 amide bonds. The summed E-state index contributed by atoms with van der Waals surface area (Å²) in [5, 5.41) is 10.2. The van der Waals surface area contributed by atoms with E-state index in [2.05, 4.69) is 52.8 Å². The molecule has 0 aromatic carbocycles. The molecular formula is C28H36O2. The molecule has 0 spiro atoms. The number of fused-ring (bicyclic) bond motifs is 7. The molecule has 2 nitrogen and oxygen atoms in total. The van der Waals surface area contributed by atoms with Crippen molar-refractivity contribution in [2.45, 2.75) is 80.1 Å². The highest BCUT2D eigenvalue weighted by Crippen LogP contribution is 2.74. The summed E-state index contributed by atoms with van der Waals surface area (Å²) in [4.78, 5) is 12.5. The van der Waals surface area contributed by atoms with Gasteiger partial charge in [-0.25, -0.2) is 0 Å². The van der Waals surface area contributed by atoms with Gasteiger partial charge in [0.05, 0.1) is 0 Å². The van der Waals surface area contributed by atoms with Gasteiger partial charge in [-0.3, -0.25) is 4.79 Å². The molecule has 2 heteroatoms. The summed E-state index contributed by atoms with van der Waals surface area (Å²) >= 11 is 0. The molecule has 0 heterocycles. The van der Waals surface area contributed by atoms with Crippen molar-refractivity contribution in [1.82, 2.24) is 0 Å². The Morgan fingerprint density at radius 1 is 1.00 bits per heavy atom. The van der Waals surface area contributed by atoms with E-state index in [0.29, 0.717) is 11.3 Å². The van der Waals surface area contributed by atoms with Crippen molar-refractivity contribution in [3.63, 3.8) is 0 Å². The Kier molecular flexibility index (Phi) is 3.95. The van der Waals surface area contributed by atoms with Gasteiger partial charge in [0.25, 0.3) is 0 Å². The highest BCUT2D eigenvalue weighted by atomic mass is 16.3. The summed E-state index contributed by atoms with van der Waals surface area (Å²) in [6, 6.07) is 0. The summed E-state index contributed by atoms with van der Waals surface area (Å²) in [5.74, 6) is 0.386. The van der Waals surface area contributed by atoms with Gasteiger partial charge in [0.2, 0.25) is 5.78 Å². The van der Waals surface area contributed by atoms with Crippen LogP contribution in [0.15, 0.2) is 57.9 Å². The number of aliphatic hydroxyl groups excluding tert-OH is 1. The van der Waals surface area contributed by atoms with E-state index < -0.39 is 0 Å². The lowest BCUT2D eigenvalue weighted by Crippen LogP contribution is -2.60. The molecule has 0 radical (unpaired) electrons. The molecule has 5 unspecified atom stereocenters. The maximum absolute atomic E-state index is 12.5. The highest BCUT2D eigenvalue weighted by Gasteiger charge is 2.65. The average Bonchev–Trinajstić information content (AvgIpc) is 2.70. The predicted molar refractivity (Wildman–Crippen MR) is 122 cm³/mol. The largest absolute Gasteiger partial charge is 0.504 e. The van der Waals surface area contributed by atoms with Crippen molar-refractivity contribution in [3.05, 3.63) is 57.9 Å². The van der Waals surface area contributed by atoms with E-state index in [9.17, 15) is 9.90 Å². The summed E-state index contributed by atoms with van der Waals surface area (Å²) in [6.45, 7) is 14.2. The zero-order chi connectivity index (χ0) is 21.7. The van der Waals surface area contributed by atoms with Gasteiger partial charge >= 0.3 is 0 Å². The summed E-state index contributed by atoms with van der Waals surface area (Å²) in [6.07, 6.45) is 16.0. The first-order chi connectivity index (χ1) is 14.0. The summed E-state index contributed by atoms with van der Waals surface area (Å²) in [7, 11) is 0. The normalized spacial score (nSPS) is 45.3. The molecule has 2 saturated carbocycles. The molecule has 2 fully saturated rings. The zero-order valence-electron chi connectivity index (χ0n) is 19.5. The number of ketones is 1. The maximum Gasteiger partial charge on any atom is 0.220 e. The number of hydrogen-bond acceptors (Lipinski definition) is 2. The van der Waals surface area contributed by atoms with Crippen molar-refractivity contribution in [1.29, 1.82) is 0 Å². The van der Waals surface area contributed by atoms with Gasteiger partial charge in [-0.2, -0.15) is 0 Å². The van der Waals surface area contributed by atoms with Crippen LogP contribution in [0.3, 0.4) is 0 Å². The smallest absolute Gasteiger partial charge is 0.220 e. The SMILES string of the molecule is CC1=CCC2(C)CCC3(C)C4=CC=C5C(=CC(=O)C(O)=C5C)C4(C)CCC3(C)C2C1. The van der Waals surface area contributed by atoms with Gasteiger partial charge in [-0.1, -0.05) is 57.1 Å². The van der Waals surface area contributed by atoms with Crippen LogP contribution >= 0.6 is 0 Å². The number of carbonyl (C=O) groups excluding carboxylic acids is 1. The molecule has 1 N–H and O–H groups in total. The third kappa shape index (κ3) is 2.23. The minimum absolute atomic E-state index is 0.0878. The van der Waals surface area contributed by atoms with Gasteiger partial charge in [-0.15, -0.1) is 0 Å². The van der Waals surface area contributed by atoms with Crippen LogP contribution < -0.4 is 0 Å². The molecule has 0 aliphatic heterocycles. The quantitative estimate of drug-likeness (QED) is 0.435. The molecule has 30 heavy (non-hydrogen) atoms. The fourth-order valence-electron chi connectivity index (χ4n) is 8.10. The average molecular weight is 405 g/mol. The molecule has 0 aromatic rings. The second kappa shape index (κ2) is 5.90. The molecule has 5 rings (SSSR count). The van der Waals surface area contributed by atoms with Crippen LogP contribution in [0.25, 0.3) is 0 Å². The Balaban J connectivity index is 1.67. The van der Waals surface area contributed by atoms with E-state index in [0.717, 1.165) is 23.1 Å². The number of carbonyl (C=O) groups is 1. The number of rotatable bonds is 0. The van der Waals surface area contributed by atoms with E-state index in [1.807, 2.05) is 6.92 Å². The highest BCUT2D eigenvalue weighted by molar-refractivity contribution is 6.06. The van der Waals surface area contributed by atoms with Crippen molar-refractivity contribution in [2.24, 2.45) is 27.6 Å². The Morgan fingerprint density at radius 3 is 2.47 bits per heavy atom. The summed E-state index contributed by atoms with van der Waals surface area (Å²) in [5.41, 5.74) is 6.69. The Hall–Kier alpha value is -1.83. The lowest BCUT2D eigenvalue weighted by Gasteiger charge is -2.68. The van der Waals surface area contributed by atoms with E-state index in [1.165, 1.54) is 37.7 Å². The monoisotopic (exact) mass is 404 g/mol. The first-order valence-electron chi connectivity index (χ1n) is 11.7. The van der Waals surface area contributed by atoms with Gasteiger partial charge in [0.1, 0.15) is 0 Å². The molecule has 5 atom stereocenters. The molecule has 0 bridgehead atoms. The van der Waals surface area contributed by atoms with Gasteiger partial charge in [-0.05, 0) is 91.8 Å². The first kappa shape index (κ1) is 20.1. The number of hydrogen-bond donors (Lipinski definition) is 1. The van der Waals surface area contributed by atoms with E-state index in [-0.39, 0.29) is 27.8 Å². The van der Waals surface area contributed by atoms with E-state index in [1.54, 1.807) is 11.6 Å². The first-order valence-corrected chi connectivity index (χ1v) is 11.7. The third-order valence-corrected chi connectivity index (χ3v) is 10.4. The molecular weight excluding hydrogens is 368 g/mol. The Bertz CT molecular complexity index is 1020. The van der Waals surface area contributed by atoms with Crippen LogP contribution in [-0.2, 0) is 4.79 Å². The predicted octanol–water partition coefficient (Wildman–Crippen LogP) is 7.16. The molecule has 0 saturated heterocycles. The minimum atomic E-state index is -0.232. The van der Waals surface area contributed by atoms with E-state index in [4.69, 9.17) is 0 Å². The van der Waals surface area contributed by atoms with Crippen molar-refractivity contribution in [3.8, 4) is 0 Å². The summed E-state index contributed by atoms with van der Waals surface area (Å²) < 4.78 is 0.